The van der Waals surface area contributed by atoms with Crippen LogP contribution in [0.25, 0.3) is 0 Å². The van der Waals surface area contributed by atoms with Gasteiger partial charge in [-0.15, -0.1) is 0 Å². The Bertz CT molecular complexity index is 975. The molecule has 7 nitrogen and oxygen atoms in total. The minimum absolute atomic E-state index is 0.0177. The van der Waals surface area contributed by atoms with Crippen molar-refractivity contribution >= 4 is 6.09 Å². The number of carbonyl (C=O) groups excluding carboxylic acids is 1. The zero-order chi connectivity index (χ0) is 24.1. The summed E-state index contributed by atoms with van der Waals surface area (Å²) in [4.78, 5) is 18.0. The number of pyridine rings is 1. The van der Waals surface area contributed by atoms with Gasteiger partial charge in [0.2, 0.25) is 0 Å². The Labute approximate surface area is 196 Å². The summed E-state index contributed by atoms with van der Waals surface area (Å²) in [5.74, 6) is 0.711. The highest BCUT2D eigenvalue weighted by Crippen LogP contribution is 2.60. The van der Waals surface area contributed by atoms with Crippen molar-refractivity contribution in [3.8, 4) is 11.8 Å². The summed E-state index contributed by atoms with van der Waals surface area (Å²) in [7, 11) is 0. The van der Waals surface area contributed by atoms with Gasteiger partial charge >= 0.3 is 12.3 Å². The van der Waals surface area contributed by atoms with Crippen LogP contribution in [-0.2, 0) is 9.47 Å². The number of alkyl halides is 3. The third-order valence-electron chi connectivity index (χ3n) is 8.04. The van der Waals surface area contributed by atoms with Gasteiger partial charge in [-0.2, -0.15) is 18.4 Å². The molecule has 3 saturated carbocycles. The molecular formula is C24H28F3N3O4. The highest BCUT2D eigenvalue weighted by Gasteiger charge is 2.67. The molecule has 184 valence electrons. The van der Waals surface area contributed by atoms with Crippen molar-refractivity contribution in [3.63, 3.8) is 0 Å². The van der Waals surface area contributed by atoms with Gasteiger partial charge in [0.25, 0.3) is 0 Å². The number of fused-ring (bicyclic) bond motifs is 1. The first-order chi connectivity index (χ1) is 16.2. The number of likely N-dealkylation sites (tertiary alicyclic amines) is 1. The van der Waals surface area contributed by atoms with Crippen molar-refractivity contribution in [2.45, 2.75) is 100 Å². The van der Waals surface area contributed by atoms with E-state index in [0.717, 1.165) is 51.9 Å². The molecule has 1 aromatic heterocycles. The van der Waals surface area contributed by atoms with Crippen molar-refractivity contribution < 1.29 is 32.2 Å². The van der Waals surface area contributed by atoms with E-state index in [4.69, 9.17) is 14.2 Å². The van der Waals surface area contributed by atoms with Gasteiger partial charge in [-0.1, -0.05) is 0 Å². The van der Waals surface area contributed by atoms with Gasteiger partial charge in [-0.05, 0) is 64.4 Å². The zero-order valence-electron chi connectivity index (χ0n) is 19.0. The third-order valence-corrected chi connectivity index (χ3v) is 8.04. The molecule has 1 amide bonds. The summed E-state index contributed by atoms with van der Waals surface area (Å²) < 4.78 is 55.9. The monoisotopic (exact) mass is 479 g/mol. The Morgan fingerprint density at radius 1 is 1.26 bits per heavy atom. The maximum absolute atomic E-state index is 12.8. The number of aromatic nitrogens is 1. The van der Waals surface area contributed by atoms with E-state index in [1.807, 2.05) is 0 Å². The Morgan fingerprint density at radius 3 is 2.71 bits per heavy atom. The van der Waals surface area contributed by atoms with Crippen LogP contribution in [0, 0.1) is 17.2 Å². The fourth-order valence-electron chi connectivity index (χ4n) is 6.24. The number of halogens is 3. The lowest BCUT2D eigenvalue weighted by atomic mass is 9.61. The topological polar surface area (TPSA) is 84.7 Å². The lowest BCUT2D eigenvalue weighted by molar-refractivity contribution is -0.210. The third kappa shape index (κ3) is 4.08. The summed E-state index contributed by atoms with van der Waals surface area (Å²) >= 11 is 0. The normalized spacial score (nSPS) is 35.1. The molecule has 1 saturated heterocycles. The minimum Gasteiger partial charge on any atom is -0.489 e. The maximum Gasteiger partial charge on any atom is 0.425 e. The summed E-state index contributed by atoms with van der Waals surface area (Å²) in [6.45, 7) is 0.865. The van der Waals surface area contributed by atoms with Crippen molar-refractivity contribution in [1.82, 2.24) is 9.88 Å². The molecule has 1 aromatic rings. The number of rotatable bonds is 5. The molecule has 5 rings (SSSR count). The van der Waals surface area contributed by atoms with E-state index in [-0.39, 0.29) is 35.8 Å². The number of ether oxygens (including phenoxy) is 3. The molecule has 4 aliphatic rings. The standard InChI is InChI=1S/C24H28F3N3O4/c1-14(24(25,26)27)32-22(31)30-16-6-8-23(11-20(30)19(23)10-16)34-18-4-2-17(3-5-18)33-21-7-9-29-13-15(21)12-28/h7,9,13-14,16-20H,2-6,8,10-11H2,1H3. The van der Waals surface area contributed by atoms with Crippen LogP contribution in [-0.4, -0.2) is 58.2 Å². The predicted molar refractivity (Wildman–Crippen MR) is 113 cm³/mol. The summed E-state index contributed by atoms with van der Waals surface area (Å²) in [6.07, 6.45) is 1.96. The first kappa shape index (κ1) is 23.2. The maximum atomic E-state index is 12.8. The minimum atomic E-state index is -4.56. The number of amides is 1. The molecule has 0 spiro atoms. The van der Waals surface area contributed by atoms with Gasteiger partial charge in [-0.25, -0.2) is 4.79 Å². The number of nitrogens with zero attached hydrogens (tertiary/aromatic N) is 3. The Balaban J connectivity index is 1.15. The van der Waals surface area contributed by atoms with Crippen LogP contribution in [0.1, 0.15) is 63.9 Å². The first-order valence-electron chi connectivity index (χ1n) is 11.9. The fourth-order valence-corrected chi connectivity index (χ4v) is 6.24. The van der Waals surface area contributed by atoms with E-state index in [1.54, 1.807) is 17.2 Å². The van der Waals surface area contributed by atoms with Crippen molar-refractivity contribution in [3.05, 3.63) is 24.0 Å². The highest BCUT2D eigenvalue weighted by atomic mass is 19.4. The van der Waals surface area contributed by atoms with Crippen molar-refractivity contribution in [1.29, 1.82) is 5.26 Å². The second kappa shape index (κ2) is 8.59. The molecule has 0 aromatic carbocycles. The molecule has 1 aliphatic heterocycles. The van der Waals surface area contributed by atoms with Crippen LogP contribution in [0.15, 0.2) is 18.5 Å². The molecule has 3 aliphatic carbocycles. The van der Waals surface area contributed by atoms with Crippen molar-refractivity contribution in [2.75, 3.05) is 0 Å². The molecular weight excluding hydrogens is 451 g/mol. The molecule has 2 bridgehead atoms. The molecule has 2 heterocycles. The lowest BCUT2D eigenvalue weighted by Crippen LogP contribution is -2.61. The van der Waals surface area contributed by atoms with Gasteiger partial charge < -0.3 is 19.1 Å². The van der Waals surface area contributed by atoms with Crippen LogP contribution in [0.5, 0.6) is 5.75 Å². The fraction of sp³-hybridized carbons (Fsp3) is 0.708. The Hall–Kier alpha value is -2.54. The molecule has 5 unspecified atom stereocenters. The highest BCUT2D eigenvalue weighted by molar-refractivity contribution is 5.70. The molecule has 10 heteroatoms. The van der Waals surface area contributed by atoms with E-state index < -0.39 is 18.4 Å². The smallest absolute Gasteiger partial charge is 0.425 e. The molecule has 34 heavy (non-hydrogen) atoms. The molecule has 0 radical (unpaired) electrons. The Kier molecular flexibility index (Phi) is 5.87. The van der Waals surface area contributed by atoms with E-state index in [2.05, 4.69) is 11.1 Å². The largest absolute Gasteiger partial charge is 0.489 e. The van der Waals surface area contributed by atoms with Crippen molar-refractivity contribution in [2.24, 2.45) is 5.92 Å². The van der Waals surface area contributed by atoms with Gasteiger partial charge in [0.1, 0.15) is 17.4 Å². The van der Waals surface area contributed by atoms with Crippen LogP contribution >= 0.6 is 0 Å². The SMILES string of the molecule is CC(OC(=O)N1C2CCC3(OC4CCC(Oc5ccncc5C#N)CC4)CC1C3C2)C(F)(F)F. The predicted octanol–water partition coefficient (Wildman–Crippen LogP) is 4.74. The molecule has 0 N–H and O–H groups in total. The number of carbonyl (C=O) groups is 1. The quantitative estimate of drug-likeness (QED) is 0.606. The van der Waals surface area contributed by atoms with Gasteiger partial charge in [-0.3, -0.25) is 4.98 Å². The van der Waals surface area contributed by atoms with Gasteiger partial charge in [0.15, 0.2) is 6.10 Å². The number of hydrogen-bond donors (Lipinski definition) is 0. The van der Waals surface area contributed by atoms with E-state index in [1.165, 1.54) is 6.20 Å². The number of hydrogen-bond acceptors (Lipinski definition) is 6. The first-order valence-corrected chi connectivity index (χ1v) is 11.9. The van der Waals surface area contributed by atoms with Crippen LogP contribution in [0.3, 0.4) is 0 Å². The summed E-state index contributed by atoms with van der Waals surface area (Å²) in [5.41, 5.74) is 0.134. The van der Waals surface area contributed by atoms with E-state index >= 15 is 0 Å². The molecule has 5 atom stereocenters. The summed E-state index contributed by atoms with van der Waals surface area (Å²) in [5, 5.41) is 9.22. The van der Waals surface area contributed by atoms with E-state index in [0.29, 0.717) is 17.7 Å². The number of nitriles is 1. The van der Waals surface area contributed by atoms with Crippen LogP contribution in [0.4, 0.5) is 18.0 Å². The second-order valence-corrected chi connectivity index (χ2v) is 9.96. The van der Waals surface area contributed by atoms with Gasteiger partial charge in [0.05, 0.1) is 17.8 Å². The van der Waals surface area contributed by atoms with Crippen LogP contribution in [0.2, 0.25) is 0 Å². The Morgan fingerprint density at radius 2 is 2.00 bits per heavy atom. The zero-order valence-corrected chi connectivity index (χ0v) is 19.0. The van der Waals surface area contributed by atoms with Gasteiger partial charge in [0, 0.05) is 30.4 Å². The lowest BCUT2D eigenvalue weighted by Gasteiger charge is -2.54. The average molecular weight is 479 g/mol. The molecule has 4 fully saturated rings. The average Bonchev–Trinajstić information content (AvgIpc) is 2.93. The second-order valence-electron chi connectivity index (χ2n) is 9.96. The summed E-state index contributed by atoms with van der Waals surface area (Å²) in [6, 6.07) is 3.64. The van der Waals surface area contributed by atoms with Crippen LogP contribution < -0.4 is 4.74 Å². The van der Waals surface area contributed by atoms with E-state index in [9.17, 15) is 23.2 Å².